The molecule has 0 atom stereocenters. The van der Waals surface area contributed by atoms with Crippen LogP contribution in [0.2, 0.25) is 0 Å². The van der Waals surface area contributed by atoms with Gasteiger partial charge in [0.05, 0.1) is 11.9 Å². The highest BCUT2D eigenvalue weighted by molar-refractivity contribution is 6.00. The topological polar surface area (TPSA) is 51.0 Å². The number of amides is 1. The summed E-state index contributed by atoms with van der Waals surface area (Å²) in [5, 5.41) is 4.64. The maximum atomic E-state index is 12.9. The Morgan fingerprint density at radius 2 is 1.90 bits per heavy atom. The van der Waals surface area contributed by atoms with Crippen LogP contribution in [-0.4, -0.2) is 32.1 Å². The minimum absolute atomic E-state index is 0.136. The van der Waals surface area contributed by atoms with Crippen molar-refractivity contribution in [3.63, 3.8) is 0 Å². The van der Waals surface area contributed by atoms with Gasteiger partial charge in [-0.05, 0) is 49.8 Å². The molecule has 0 radical (unpaired) electrons. The fraction of sp³-hybridized carbons (Fsp3) is 0.423. The van der Waals surface area contributed by atoms with E-state index < -0.39 is 0 Å². The second-order valence-corrected chi connectivity index (χ2v) is 9.05. The number of hydrogen-bond acceptors (Lipinski definition) is 3. The summed E-state index contributed by atoms with van der Waals surface area (Å²) in [7, 11) is 0. The van der Waals surface area contributed by atoms with Crippen LogP contribution >= 0.6 is 0 Å². The normalized spacial score (nSPS) is 16.3. The van der Waals surface area contributed by atoms with Crippen LogP contribution in [0, 0.1) is 12.8 Å². The smallest absolute Gasteiger partial charge is 0.254 e. The highest BCUT2D eigenvalue weighted by Gasteiger charge is 2.27. The molecule has 1 saturated carbocycles. The fourth-order valence-electron chi connectivity index (χ4n) is 5.03. The summed E-state index contributed by atoms with van der Waals surface area (Å²) in [5.74, 6) is 0.884. The molecule has 0 bridgehead atoms. The summed E-state index contributed by atoms with van der Waals surface area (Å²) in [5.41, 5.74) is 6.96. The number of fused-ring (bicyclic) bond motifs is 1. The van der Waals surface area contributed by atoms with E-state index in [-0.39, 0.29) is 5.91 Å². The van der Waals surface area contributed by atoms with Gasteiger partial charge in [-0.2, -0.15) is 5.10 Å². The molecule has 1 aliphatic heterocycles. The van der Waals surface area contributed by atoms with Crippen molar-refractivity contribution < 1.29 is 4.79 Å². The maximum Gasteiger partial charge on any atom is 0.254 e. The molecule has 31 heavy (non-hydrogen) atoms. The number of carbonyl (C=O) groups is 1. The predicted octanol–water partition coefficient (Wildman–Crippen LogP) is 5.48. The number of aryl methyl sites for hydroxylation is 1. The number of nitrogens with zero attached hydrogens (tertiary/aromatic N) is 4. The molecule has 1 fully saturated rings. The van der Waals surface area contributed by atoms with E-state index in [0.29, 0.717) is 6.54 Å². The Morgan fingerprint density at radius 1 is 1.06 bits per heavy atom. The van der Waals surface area contributed by atoms with Crippen LogP contribution in [-0.2, 0) is 13.1 Å². The molecule has 0 spiro atoms. The van der Waals surface area contributed by atoms with Crippen LogP contribution < -0.4 is 0 Å². The van der Waals surface area contributed by atoms with E-state index in [9.17, 15) is 4.79 Å². The molecule has 160 valence electrons. The summed E-state index contributed by atoms with van der Waals surface area (Å²) in [6.07, 6.45) is 10.4. The monoisotopic (exact) mass is 414 g/mol. The quantitative estimate of drug-likeness (QED) is 0.537. The largest absolute Gasteiger partial charge is 0.334 e. The van der Waals surface area contributed by atoms with Crippen LogP contribution in [0.4, 0.5) is 0 Å². The van der Waals surface area contributed by atoms with E-state index in [1.165, 1.54) is 25.7 Å². The van der Waals surface area contributed by atoms with E-state index in [0.717, 1.165) is 64.6 Å². The Morgan fingerprint density at radius 3 is 2.71 bits per heavy atom. The third-order valence-corrected chi connectivity index (χ3v) is 6.65. The number of benzene rings is 1. The molecule has 2 aromatic heterocycles. The van der Waals surface area contributed by atoms with Gasteiger partial charge in [0.2, 0.25) is 0 Å². The number of hydrogen-bond donors (Lipinski definition) is 0. The molecule has 0 N–H and O–H groups in total. The lowest BCUT2D eigenvalue weighted by Gasteiger charge is -2.13. The molecule has 0 unspecified atom stereocenters. The Bertz CT molecular complexity index is 1110. The van der Waals surface area contributed by atoms with Crippen LogP contribution in [0.15, 0.2) is 42.7 Å². The zero-order chi connectivity index (χ0) is 21.4. The van der Waals surface area contributed by atoms with Gasteiger partial charge in [0.25, 0.3) is 5.91 Å². The minimum atomic E-state index is 0.136. The molecule has 2 aliphatic rings. The Kier molecular flexibility index (Phi) is 5.34. The van der Waals surface area contributed by atoms with Gasteiger partial charge in [0.1, 0.15) is 0 Å². The van der Waals surface area contributed by atoms with Crippen LogP contribution in [0.5, 0.6) is 0 Å². The number of pyridine rings is 1. The first kappa shape index (κ1) is 20.0. The van der Waals surface area contributed by atoms with Gasteiger partial charge < -0.3 is 4.90 Å². The van der Waals surface area contributed by atoms with Crippen LogP contribution in [0.1, 0.15) is 60.6 Å². The molecule has 5 rings (SSSR count). The number of rotatable bonds is 6. The molecular formula is C26H30N4O. The molecule has 0 saturated heterocycles. The first-order valence-electron chi connectivity index (χ1n) is 11.6. The van der Waals surface area contributed by atoms with Gasteiger partial charge in [-0.3, -0.25) is 14.5 Å². The molecule has 1 aliphatic carbocycles. The predicted molar refractivity (Wildman–Crippen MR) is 123 cm³/mol. The molecule has 5 nitrogen and oxygen atoms in total. The molecule has 1 aromatic carbocycles. The number of carbonyl (C=O) groups excluding carboxylic acids is 1. The standard InChI is InChI=1S/C26H30N4O/c1-3-12-29-16-21-10-9-20(13-24(21)26(29)31)25-23(11-8-18(2)28-25)22-14-27-30(17-22)15-19-6-4-5-7-19/h8-11,13-14,17,19H,3-7,12,15-16H2,1-2H3. The minimum Gasteiger partial charge on any atom is -0.334 e. The first-order valence-corrected chi connectivity index (χ1v) is 11.6. The van der Waals surface area contributed by atoms with E-state index >= 15 is 0 Å². The summed E-state index contributed by atoms with van der Waals surface area (Å²) in [6.45, 7) is 6.63. The summed E-state index contributed by atoms with van der Waals surface area (Å²) in [4.78, 5) is 19.7. The molecular weight excluding hydrogens is 384 g/mol. The Hall–Kier alpha value is -2.95. The Balaban J connectivity index is 1.48. The lowest BCUT2D eigenvalue weighted by atomic mass is 9.98. The van der Waals surface area contributed by atoms with Crippen LogP contribution in [0.25, 0.3) is 22.4 Å². The molecule has 5 heteroatoms. The van der Waals surface area contributed by atoms with Gasteiger partial charge in [-0.25, -0.2) is 0 Å². The van der Waals surface area contributed by atoms with Gasteiger partial charge in [-0.1, -0.05) is 38.0 Å². The second-order valence-electron chi connectivity index (χ2n) is 9.05. The van der Waals surface area contributed by atoms with Gasteiger partial charge in [-0.15, -0.1) is 0 Å². The lowest BCUT2D eigenvalue weighted by Crippen LogP contribution is -2.24. The van der Waals surface area contributed by atoms with Crippen LogP contribution in [0.3, 0.4) is 0 Å². The Labute approximate surface area is 184 Å². The van der Waals surface area contributed by atoms with Crippen molar-refractivity contribution in [1.29, 1.82) is 0 Å². The molecule has 1 amide bonds. The lowest BCUT2D eigenvalue weighted by molar-refractivity contribution is 0.0778. The third kappa shape index (κ3) is 3.89. The van der Waals surface area contributed by atoms with E-state index in [4.69, 9.17) is 4.98 Å². The zero-order valence-electron chi connectivity index (χ0n) is 18.5. The average molecular weight is 415 g/mol. The molecule has 3 heterocycles. The summed E-state index contributed by atoms with van der Waals surface area (Å²) < 4.78 is 2.09. The fourth-order valence-corrected chi connectivity index (χ4v) is 5.03. The van der Waals surface area contributed by atoms with E-state index in [1.807, 2.05) is 24.1 Å². The van der Waals surface area contributed by atoms with Gasteiger partial charge in [0.15, 0.2) is 0 Å². The molecule has 3 aromatic rings. The number of aromatic nitrogens is 3. The highest BCUT2D eigenvalue weighted by Crippen LogP contribution is 2.34. The van der Waals surface area contributed by atoms with Gasteiger partial charge >= 0.3 is 0 Å². The summed E-state index contributed by atoms with van der Waals surface area (Å²) in [6, 6.07) is 10.4. The highest BCUT2D eigenvalue weighted by atomic mass is 16.2. The van der Waals surface area contributed by atoms with Crippen molar-refractivity contribution in [2.24, 2.45) is 5.92 Å². The third-order valence-electron chi connectivity index (χ3n) is 6.65. The first-order chi connectivity index (χ1) is 15.1. The van der Waals surface area contributed by atoms with Crippen molar-refractivity contribution in [1.82, 2.24) is 19.7 Å². The SMILES string of the molecule is CCCN1Cc2ccc(-c3nc(C)ccc3-c3cnn(CC4CCCC4)c3)cc2C1=O. The summed E-state index contributed by atoms with van der Waals surface area (Å²) >= 11 is 0. The zero-order valence-corrected chi connectivity index (χ0v) is 18.5. The maximum absolute atomic E-state index is 12.9. The van der Waals surface area contributed by atoms with Crippen molar-refractivity contribution in [3.05, 3.63) is 59.5 Å². The van der Waals surface area contributed by atoms with Crippen molar-refractivity contribution in [2.75, 3.05) is 6.54 Å². The van der Waals surface area contributed by atoms with E-state index in [2.05, 4.69) is 47.2 Å². The van der Waals surface area contributed by atoms with E-state index in [1.54, 1.807) is 0 Å². The van der Waals surface area contributed by atoms with Crippen molar-refractivity contribution in [3.8, 4) is 22.4 Å². The van der Waals surface area contributed by atoms with Crippen molar-refractivity contribution >= 4 is 5.91 Å². The van der Waals surface area contributed by atoms with Crippen molar-refractivity contribution in [2.45, 2.75) is 59.0 Å². The van der Waals surface area contributed by atoms with Gasteiger partial charge in [0, 0.05) is 53.8 Å². The second kappa shape index (κ2) is 8.29. The average Bonchev–Trinajstić information content (AvgIpc) is 3.51.